The van der Waals surface area contributed by atoms with Gasteiger partial charge in [0.05, 0.1) is 18.4 Å². The van der Waals surface area contributed by atoms with Gasteiger partial charge in [0.1, 0.15) is 0 Å². The van der Waals surface area contributed by atoms with E-state index in [0.29, 0.717) is 19.4 Å². The van der Waals surface area contributed by atoms with Crippen LogP contribution in [0.1, 0.15) is 38.2 Å². The number of ether oxygens (including phenoxy) is 1. The van der Waals surface area contributed by atoms with E-state index in [1.165, 1.54) is 7.11 Å². The van der Waals surface area contributed by atoms with E-state index >= 15 is 0 Å². The molecule has 0 aliphatic carbocycles. The first-order chi connectivity index (χ1) is 10.5. The number of nitrogens with one attached hydrogen (secondary N) is 1. The summed E-state index contributed by atoms with van der Waals surface area (Å²) >= 11 is 0. The van der Waals surface area contributed by atoms with Gasteiger partial charge in [-0.1, -0.05) is 44.2 Å². The highest BCUT2D eigenvalue weighted by Crippen LogP contribution is 2.25. The average molecular weight is 306 g/mol. The van der Waals surface area contributed by atoms with Crippen molar-refractivity contribution in [2.45, 2.75) is 32.6 Å². The molecule has 1 aromatic rings. The second kappa shape index (κ2) is 8.54. The summed E-state index contributed by atoms with van der Waals surface area (Å²) in [4.78, 5) is 24.4. The molecule has 1 atom stereocenters. The Labute approximate surface area is 132 Å². The number of nitrogens with two attached hydrogens (primary N) is 1. The molecular weight excluding hydrogens is 280 g/mol. The van der Waals surface area contributed by atoms with Gasteiger partial charge in [-0.25, -0.2) is 0 Å². The predicted molar refractivity (Wildman–Crippen MR) is 86.3 cm³/mol. The van der Waals surface area contributed by atoms with Crippen molar-refractivity contribution in [3.8, 4) is 0 Å². The Morgan fingerprint density at radius 2 is 1.82 bits per heavy atom. The molecule has 0 saturated heterocycles. The molecule has 3 N–H and O–H groups in total. The van der Waals surface area contributed by atoms with Gasteiger partial charge in [0.25, 0.3) is 0 Å². The number of esters is 1. The van der Waals surface area contributed by atoms with Crippen LogP contribution in [0.15, 0.2) is 30.3 Å². The summed E-state index contributed by atoms with van der Waals surface area (Å²) in [5, 5.41) is 2.87. The first-order valence-electron chi connectivity index (χ1n) is 7.65. The fourth-order valence-corrected chi connectivity index (χ4v) is 2.50. The molecule has 0 saturated carbocycles. The van der Waals surface area contributed by atoms with E-state index in [9.17, 15) is 9.59 Å². The first-order valence-corrected chi connectivity index (χ1v) is 7.65. The van der Waals surface area contributed by atoms with Crippen LogP contribution >= 0.6 is 0 Å². The maximum absolute atomic E-state index is 12.5. The standard InChI is InChI=1S/C17H26N2O3/c1-4-17(5-2,12-18)16(21)19-11-14(15(20)22-3)13-9-7-6-8-10-13/h6-10,14H,4-5,11-12,18H2,1-3H3,(H,19,21). The lowest BCUT2D eigenvalue weighted by atomic mass is 9.81. The SMILES string of the molecule is CCC(CC)(CN)C(=O)NCC(C(=O)OC)c1ccccc1. The van der Waals surface area contributed by atoms with E-state index in [2.05, 4.69) is 5.32 Å². The Morgan fingerprint density at radius 1 is 1.23 bits per heavy atom. The lowest BCUT2D eigenvalue weighted by molar-refractivity contribution is -0.142. The molecule has 0 fully saturated rings. The Morgan fingerprint density at radius 3 is 2.27 bits per heavy atom. The smallest absolute Gasteiger partial charge is 0.314 e. The van der Waals surface area contributed by atoms with Crippen LogP contribution in [0.4, 0.5) is 0 Å². The van der Waals surface area contributed by atoms with Crippen molar-refractivity contribution in [1.82, 2.24) is 5.32 Å². The van der Waals surface area contributed by atoms with Gasteiger partial charge in [0.2, 0.25) is 5.91 Å². The summed E-state index contributed by atoms with van der Waals surface area (Å²) in [6.07, 6.45) is 1.33. The molecule has 0 radical (unpaired) electrons. The molecule has 1 amide bonds. The van der Waals surface area contributed by atoms with E-state index in [1.807, 2.05) is 44.2 Å². The molecule has 0 bridgehead atoms. The monoisotopic (exact) mass is 306 g/mol. The van der Waals surface area contributed by atoms with E-state index in [1.54, 1.807) is 0 Å². The number of benzene rings is 1. The van der Waals surface area contributed by atoms with Gasteiger partial charge >= 0.3 is 5.97 Å². The molecule has 1 rings (SSSR count). The van der Waals surface area contributed by atoms with E-state index in [-0.39, 0.29) is 18.4 Å². The highest BCUT2D eigenvalue weighted by atomic mass is 16.5. The van der Waals surface area contributed by atoms with Gasteiger partial charge in [-0.15, -0.1) is 0 Å². The molecule has 1 aromatic carbocycles. The molecule has 5 nitrogen and oxygen atoms in total. The molecule has 1 unspecified atom stereocenters. The number of hydrogen-bond donors (Lipinski definition) is 2. The number of carbonyl (C=O) groups excluding carboxylic acids is 2. The van der Waals surface area contributed by atoms with Crippen molar-refractivity contribution >= 4 is 11.9 Å². The fourth-order valence-electron chi connectivity index (χ4n) is 2.50. The van der Waals surface area contributed by atoms with Gasteiger partial charge in [-0.2, -0.15) is 0 Å². The van der Waals surface area contributed by atoms with Crippen molar-refractivity contribution in [2.24, 2.45) is 11.1 Å². The Kier molecular flexibility index (Phi) is 7.05. The quantitative estimate of drug-likeness (QED) is 0.718. The summed E-state index contributed by atoms with van der Waals surface area (Å²) in [5.41, 5.74) is 6.03. The van der Waals surface area contributed by atoms with Gasteiger partial charge in [0.15, 0.2) is 0 Å². The summed E-state index contributed by atoms with van der Waals surface area (Å²) in [6.45, 7) is 4.40. The van der Waals surface area contributed by atoms with Crippen LogP contribution in [0.25, 0.3) is 0 Å². The molecule has 0 aliphatic heterocycles. The number of methoxy groups -OCH3 is 1. The molecular formula is C17H26N2O3. The number of rotatable bonds is 8. The Balaban J connectivity index is 2.84. The minimum Gasteiger partial charge on any atom is -0.468 e. The third kappa shape index (κ3) is 4.07. The zero-order valence-corrected chi connectivity index (χ0v) is 13.6. The molecule has 5 heteroatoms. The summed E-state index contributed by atoms with van der Waals surface area (Å²) in [5.74, 6) is -0.984. The topological polar surface area (TPSA) is 81.4 Å². The van der Waals surface area contributed by atoms with Crippen molar-refractivity contribution in [3.63, 3.8) is 0 Å². The normalized spacial score (nSPS) is 12.5. The summed E-state index contributed by atoms with van der Waals surface area (Å²) < 4.78 is 4.85. The third-order valence-corrected chi connectivity index (χ3v) is 4.38. The van der Waals surface area contributed by atoms with Crippen LogP contribution in [0.2, 0.25) is 0 Å². The largest absolute Gasteiger partial charge is 0.468 e. The van der Waals surface area contributed by atoms with E-state index in [4.69, 9.17) is 10.5 Å². The van der Waals surface area contributed by atoms with Crippen molar-refractivity contribution in [3.05, 3.63) is 35.9 Å². The third-order valence-electron chi connectivity index (χ3n) is 4.38. The van der Waals surface area contributed by atoms with Gasteiger partial charge < -0.3 is 15.8 Å². The van der Waals surface area contributed by atoms with Crippen LogP contribution in [0.5, 0.6) is 0 Å². The maximum atomic E-state index is 12.5. The molecule has 22 heavy (non-hydrogen) atoms. The average Bonchev–Trinajstić information content (AvgIpc) is 2.57. The van der Waals surface area contributed by atoms with Gasteiger partial charge in [0, 0.05) is 13.1 Å². The molecule has 0 aliphatic rings. The highest BCUT2D eigenvalue weighted by Gasteiger charge is 2.34. The van der Waals surface area contributed by atoms with Gasteiger partial charge in [-0.3, -0.25) is 9.59 Å². The summed E-state index contributed by atoms with van der Waals surface area (Å²) in [6, 6.07) is 9.29. The Bertz CT molecular complexity index is 476. The van der Waals surface area contributed by atoms with Crippen LogP contribution in [-0.2, 0) is 14.3 Å². The van der Waals surface area contributed by atoms with Crippen LogP contribution in [0, 0.1) is 5.41 Å². The highest BCUT2D eigenvalue weighted by molar-refractivity contribution is 5.84. The molecule has 0 aromatic heterocycles. The molecule has 0 heterocycles. The second-order valence-corrected chi connectivity index (χ2v) is 5.39. The lowest BCUT2D eigenvalue weighted by Gasteiger charge is -2.29. The van der Waals surface area contributed by atoms with Gasteiger partial charge in [-0.05, 0) is 18.4 Å². The minimum absolute atomic E-state index is 0.107. The second-order valence-electron chi connectivity index (χ2n) is 5.39. The fraction of sp³-hybridized carbons (Fsp3) is 0.529. The number of carbonyl (C=O) groups is 2. The molecule has 122 valence electrons. The van der Waals surface area contributed by atoms with Crippen molar-refractivity contribution in [2.75, 3.05) is 20.2 Å². The number of hydrogen-bond acceptors (Lipinski definition) is 4. The van der Waals surface area contributed by atoms with Crippen molar-refractivity contribution in [1.29, 1.82) is 0 Å². The first kappa shape index (κ1) is 18.2. The lowest BCUT2D eigenvalue weighted by Crippen LogP contribution is -2.46. The number of amides is 1. The minimum atomic E-state index is -0.572. The summed E-state index contributed by atoms with van der Waals surface area (Å²) in [7, 11) is 1.35. The zero-order valence-electron chi connectivity index (χ0n) is 13.6. The Hall–Kier alpha value is -1.88. The zero-order chi connectivity index (χ0) is 16.6. The van der Waals surface area contributed by atoms with Crippen LogP contribution < -0.4 is 11.1 Å². The maximum Gasteiger partial charge on any atom is 0.314 e. The molecule has 0 spiro atoms. The van der Waals surface area contributed by atoms with Crippen LogP contribution in [0.3, 0.4) is 0 Å². The van der Waals surface area contributed by atoms with E-state index in [0.717, 1.165) is 5.56 Å². The van der Waals surface area contributed by atoms with E-state index < -0.39 is 11.3 Å². The van der Waals surface area contributed by atoms with Crippen LogP contribution in [-0.4, -0.2) is 32.1 Å². The predicted octanol–water partition coefficient (Wildman–Crippen LogP) is 1.82. The van der Waals surface area contributed by atoms with Crippen molar-refractivity contribution < 1.29 is 14.3 Å².